The van der Waals surface area contributed by atoms with E-state index >= 15 is 0 Å². The van der Waals surface area contributed by atoms with E-state index in [2.05, 4.69) is 27.1 Å². The summed E-state index contributed by atoms with van der Waals surface area (Å²) < 4.78 is 20.4. The van der Waals surface area contributed by atoms with Gasteiger partial charge in [-0.3, -0.25) is 4.79 Å². The van der Waals surface area contributed by atoms with Crippen molar-refractivity contribution in [2.45, 2.75) is 38.8 Å². The number of pyridine rings is 2. The Morgan fingerprint density at radius 2 is 2.03 bits per heavy atom. The molecule has 2 aromatic heterocycles. The van der Waals surface area contributed by atoms with Crippen LogP contribution in [0, 0.1) is 12.7 Å². The second-order valence-corrected chi connectivity index (χ2v) is 8.28. The van der Waals surface area contributed by atoms with Gasteiger partial charge in [-0.1, -0.05) is 6.07 Å². The van der Waals surface area contributed by atoms with E-state index in [0.717, 1.165) is 31.3 Å². The molecule has 1 N–H and O–H groups in total. The van der Waals surface area contributed by atoms with Gasteiger partial charge in [0.25, 0.3) is 5.91 Å². The van der Waals surface area contributed by atoms with Crippen LogP contribution in [-0.4, -0.2) is 41.7 Å². The van der Waals surface area contributed by atoms with E-state index in [9.17, 15) is 9.18 Å². The number of benzene rings is 1. The first-order chi connectivity index (χ1) is 14.9. The van der Waals surface area contributed by atoms with Crippen molar-refractivity contribution < 1.29 is 13.9 Å². The van der Waals surface area contributed by atoms with Crippen molar-refractivity contribution in [1.82, 2.24) is 15.3 Å². The van der Waals surface area contributed by atoms with Gasteiger partial charge in [0.05, 0.1) is 22.5 Å². The average molecular weight is 423 g/mol. The fraction of sp³-hybridized carbons (Fsp3) is 0.375. The van der Waals surface area contributed by atoms with Gasteiger partial charge in [-0.2, -0.15) is 0 Å². The number of nitrogens with zero attached hydrogens (tertiary/aromatic N) is 3. The van der Waals surface area contributed by atoms with Gasteiger partial charge in [-0.05, 0) is 62.6 Å². The summed E-state index contributed by atoms with van der Waals surface area (Å²) in [4.78, 5) is 23.3. The first-order valence-corrected chi connectivity index (χ1v) is 10.5. The number of fused-ring (bicyclic) bond motifs is 1. The molecule has 1 aliphatic heterocycles. The number of nitrogens with one attached hydrogen (secondary N) is 1. The highest BCUT2D eigenvalue weighted by Crippen LogP contribution is 2.30. The van der Waals surface area contributed by atoms with Gasteiger partial charge in [0.2, 0.25) is 0 Å². The predicted octanol–water partition coefficient (Wildman–Crippen LogP) is 4.01. The zero-order chi connectivity index (χ0) is 22.0. The minimum Gasteiger partial charge on any atom is -0.378 e. The Bertz CT molecular complexity index is 1110. The minimum atomic E-state index is -0.276. The third kappa shape index (κ3) is 4.51. The standard InChI is InChI=1S/C24H27FN4O2/c1-16-19(14-18-5-4-10-26-22(18)28-16)23(30)27-15-17-6-7-21(20(25)13-17)29-11-8-24(2,31-3)9-12-29/h4-7,10,13-14H,8-9,11-12,15H2,1-3H3,(H,27,30). The number of aromatic nitrogens is 2. The van der Waals surface area contributed by atoms with Gasteiger partial charge in [-0.25, -0.2) is 14.4 Å². The third-order valence-electron chi connectivity index (χ3n) is 6.14. The molecule has 0 unspecified atom stereocenters. The average Bonchev–Trinajstić information content (AvgIpc) is 2.78. The number of rotatable bonds is 5. The number of piperidine rings is 1. The highest BCUT2D eigenvalue weighted by atomic mass is 19.1. The van der Waals surface area contributed by atoms with E-state index in [-0.39, 0.29) is 23.9 Å². The van der Waals surface area contributed by atoms with E-state index in [1.54, 1.807) is 32.4 Å². The Morgan fingerprint density at radius 1 is 1.26 bits per heavy atom. The number of amides is 1. The Labute approximate surface area is 181 Å². The molecule has 0 atom stereocenters. The summed E-state index contributed by atoms with van der Waals surface area (Å²) in [6, 6.07) is 10.6. The van der Waals surface area contributed by atoms with Crippen molar-refractivity contribution in [2.24, 2.45) is 0 Å². The van der Waals surface area contributed by atoms with Gasteiger partial charge in [-0.15, -0.1) is 0 Å². The number of carbonyl (C=O) groups excluding carboxylic acids is 1. The number of halogens is 1. The molecule has 0 saturated carbocycles. The van der Waals surface area contributed by atoms with Gasteiger partial charge < -0.3 is 15.0 Å². The second kappa shape index (κ2) is 8.59. The van der Waals surface area contributed by atoms with Crippen LogP contribution in [-0.2, 0) is 11.3 Å². The van der Waals surface area contributed by atoms with Crippen LogP contribution in [0.15, 0.2) is 42.6 Å². The molecule has 1 aromatic carbocycles. The van der Waals surface area contributed by atoms with Crippen molar-refractivity contribution in [3.8, 4) is 0 Å². The van der Waals surface area contributed by atoms with Crippen molar-refractivity contribution in [3.63, 3.8) is 0 Å². The molecule has 1 amide bonds. The van der Waals surface area contributed by atoms with Crippen LogP contribution in [0.5, 0.6) is 0 Å². The van der Waals surface area contributed by atoms with Crippen LogP contribution in [0.4, 0.5) is 10.1 Å². The molecule has 0 aliphatic carbocycles. The van der Waals surface area contributed by atoms with Crippen molar-refractivity contribution in [2.75, 3.05) is 25.1 Å². The molecular formula is C24H27FN4O2. The van der Waals surface area contributed by atoms with E-state index in [4.69, 9.17) is 4.74 Å². The van der Waals surface area contributed by atoms with E-state index in [0.29, 0.717) is 28.2 Å². The number of aryl methyl sites for hydroxylation is 1. The van der Waals surface area contributed by atoms with Crippen molar-refractivity contribution in [3.05, 3.63) is 65.2 Å². The summed E-state index contributed by atoms with van der Waals surface area (Å²) in [7, 11) is 1.73. The molecule has 0 spiro atoms. The number of anilines is 1. The molecule has 3 aromatic rings. The number of hydrogen-bond acceptors (Lipinski definition) is 5. The maximum atomic E-state index is 14.8. The lowest BCUT2D eigenvalue weighted by atomic mass is 9.93. The molecule has 3 heterocycles. The maximum absolute atomic E-state index is 14.8. The largest absolute Gasteiger partial charge is 0.378 e. The van der Waals surface area contributed by atoms with Crippen molar-refractivity contribution >= 4 is 22.6 Å². The predicted molar refractivity (Wildman–Crippen MR) is 119 cm³/mol. The van der Waals surface area contributed by atoms with Gasteiger partial charge in [0, 0.05) is 38.3 Å². The third-order valence-corrected chi connectivity index (χ3v) is 6.14. The van der Waals surface area contributed by atoms with Crippen LogP contribution in [0.1, 0.15) is 41.4 Å². The first kappa shape index (κ1) is 21.2. The zero-order valence-electron chi connectivity index (χ0n) is 18.1. The number of ether oxygens (including phenoxy) is 1. The van der Waals surface area contributed by atoms with Crippen LogP contribution in [0.3, 0.4) is 0 Å². The molecule has 0 radical (unpaired) electrons. The van der Waals surface area contributed by atoms with Gasteiger partial charge in [0.15, 0.2) is 5.65 Å². The van der Waals surface area contributed by atoms with Gasteiger partial charge >= 0.3 is 0 Å². The van der Waals surface area contributed by atoms with E-state index in [1.807, 2.05) is 18.2 Å². The topological polar surface area (TPSA) is 67.3 Å². The molecule has 6 nitrogen and oxygen atoms in total. The summed E-state index contributed by atoms with van der Waals surface area (Å²) >= 11 is 0. The normalized spacial score (nSPS) is 15.8. The molecule has 1 fully saturated rings. The summed E-state index contributed by atoms with van der Waals surface area (Å²) in [6.45, 7) is 5.61. The van der Waals surface area contributed by atoms with Crippen LogP contribution in [0.2, 0.25) is 0 Å². The molecular weight excluding hydrogens is 395 g/mol. The highest BCUT2D eigenvalue weighted by Gasteiger charge is 2.30. The molecule has 1 aliphatic rings. The summed E-state index contributed by atoms with van der Waals surface area (Å²) in [5.74, 6) is -0.516. The Morgan fingerprint density at radius 3 is 2.74 bits per heavy atom. The molecule has 4 rings (SSSR count). The summed E-state index contributed by atoms with van der Waals surface area (Å²) in [5, 5.41) is 3.67. The number of hydrogen-bond donors (Lipinski definition) is 1. The van der Waals surface area contributed by atoms with Crippen LogP contribution >= 0.6 is 0 Å². The SMILES string of the molecule is COC1(C)CCN(c2ccc(CNC(=O)c3cc4cccnc4nc3C)cc2F)CC1. The molecule has 1 saturated heterocycles. The second-order valence-electron chi connectivity index (χ2n) is 8.28. The lowest BCUT2D eigenvalue weighted by Gasteiger charge is -2.39. The van der Waals surface area contributed by atoms with Crippen LogP contribution in [0.25, 0.3) is 11.0 Å². The molecule has 7 heteroatoms. The fourth-order valence-corrected chi connectivity index (χ4v) is 3.94. The van der Waals surface area contributed by atoms with Crippen LogP contribution < -0.4 is 10.2 Å². The first-order valence-electron chi connectivity index (χ1n) is 10.5. The maximum Gasteiger partial charge on any atom is 0.253 e. The fourth-order valence-electron chi connectivity index (χ4n) is 3.94. The molecule has 31 heavy (non-hydrogen) atoms. The number of methoxy groups -OCH3 is 1. The quantitative estimate of drug-likeness (QED) is 0.673. The van der Waals surface area contributed by atoms with E-state index < -0.39 is 0 Å². The lowest BCUT2D eigenvalue weighted by Crippen LogP contribution is -2.44. The van der Waals surface area contributed by atoms with Gasteiger partial charge in [0.1, 0.15) is 5.82 Å². The Hall–Kier alpha value is -3.06. The molecule has 0 bridgehead atoms. The highest BCUT2D eigenvalue weighted by molar-refractivity contribution is 5.98. The monoisotopic (exact) mass is 422 g/mol. The zero-order valence-corrected chi connectivity index (χ0v) is 18.1. The minimum absolute atomic E-state index is 0.136. The molecule has 162 valence electrons. The summed E-state index contributed by atoms with van der Waals surface area (Å²) in [5.41, 5.74) is 2.88. The Balaban J connectivity index is 1.42. The smallest absolute Gasteiger partial charge is 0.253 e. The lowest BCUT2D eigenvalue weighted by molar-refractivity contribution is -0.0133. The van der Waals surface area contributed by atoms with E-state index in [1.165, 1.54) is 6.07 Å². The Kier molecular flexibility index (Phi) is 5.87. The van der Waals surface area contributed by atoms with Crippen molar-refractivity contribution in [1.29, 1.82) is 0 Å². The summed E-state index contributed by atoms with van der Waals surface area (Å²) in [6.07, 6.45) is 3.39. The number of carbonyl (C=O) groups is 1.